The quantitative estimate of drug-likeness (QED) is 0.634. The summed E-state index contributed by atoms with van der Waals surface area (Å²) in [4.78, 5) is 8.78. The van der Waals surface area contributed by atoms with E-state index >= 15 is 0 Å². The van der Waals surface area contributed by atoms with E-state index in [0.29, 0.717) is 29.5 Å². The predicted octanol–water partition coefficient (Wildman–Crippen LogP) is 3.49. The number of nitrogens with one attached hydrogen (secondary N) is 1. The van der Waals surface area contributed by atoms with Gasteiger partial charge in [-0.3, -0.25) is 4.98 Å². The van der Waals surface area contributed by atoms with Crippen LogP contribution < -0.4 is 4.72 Å². The number of hydrogen-bond acceptors (Lipinski definition) is 6. The van der Waals surface area contributed by atoms with Crippen molar-refractivity contribution in [2.24, 2.45) is 0 Å². The Morgan fingerprint density at radius 2 is 2.07 bits per heavy atom. The molecule has 1 fully saturated rings. The first-order chi connectivity index (χ1) is 13.8. The predicted molar refractivity (Wildman–Crippen MR) is 108 cm³/mol. The van der Waals surface area contributed by atoms with Gasteiger partial charge in [0.2, 0.25) is 10.0 Å². The number of hydrogen-bond donors (Lipinski definition) is 1. The van der Waals surface area contributed by atoms with Gasteiger partial charge in [0, 0.05) is 42.3 Å². The number of sulfonamides is 1. The van der Waals surface area contributed by atoms with Crippen LogP contribution in [0.15, 0.2) is 33.9 Å². The molecule has 0 bridgehead atoms. The van der Waals surface area contributed by atoms with Crippen molar-refractivity contribution in [1.82, 2.24) is 24.4 Å². The van der Waals surface area contributed by atoms with Crippen molar-refractivity contribution in [1.29, 1.82) is 0 Å². The average molecular weight is 416 g/mol. The fourth-order valence-corrected chi connectivity index (χ4v) is 5.47. The Morgan fingerprint density at radius 1 is 1.31 bits per heavy atom. The summed E-state index contributed by atoms with van der Waals surface area (Å²) >= 11 is 0. The Labute approximate surface area is 170 Å². The standard InChI is InChI=1S/C20H25N5O3S/c1-5-25-13(3)17(20-22-19(23-28-20)15-8-9-15)18(14(25)4)29(26,27)24-12(2)16-7-6-10-21-11-16/h6-7,10-12,15,24H,5,8-9H2,1-4H3/t12-/m0/s1. The highest BCUT2D eigenvalue weighted by Crippen LogP contribution is 2.41. The summed E-state index contributed by atoms with van der Waals surface area (Å²) in [6.45, 7) is 8.11. The highest BCUT2D eigenvalue weighted by molar-refractivity contribution is 7.89. The summed E-state index contributed by atoms with van der Waals surface area (Å²) < 4.78 is 37.1. The Hall–Kier alpha value is -2.52. The number of aromatic nitrogens is 4. The lowest BCUT2D eigenvalue weighted by atomic mass is 10.2. The van der Waals surface area contributed by atoms with E-state index < -0.39 is 16.1 Å². The number of pyridine rings is 1. The lowest BCUT2D eigenvalue weighted by Gasteiger charge is -2.15. The molecule has 1 atom stereocenters. The van der Waals surface area contributed by atoms with Crippen molar-refractivity contribution in [3.05, 3.63) is 47.3 Å². The van der Waals surface area contributed by atoms with Crippen LogP contribution in [-0.4, -0.2) is 28.1 Å². The normalized spacial score (nSPS) is 15.6. The van der Waals surface area contributed by atoms with Gasteiger partial charge < -0.3 is 9.09 Å². The van der Waals surface area contributed by atoms with E-state index in [1.807, 2.05) is 31.4 Å². The van der Waals surface area contributed by atoms with Gasteiger partial charge in [-0.15, -0.1) is 0 Å². The molecule has 3 aromatic rings. The molecule has 154 valence electrons. The molecule has 0 radical (unpaired) electrons. The molecular weight excluding hydrogens is 390 g/mol. The molecule has 3 aromatic heterocycles. The Morgan fingerprint density at radius 3 is 2.69 bits per heavy atom. The zero-order valence-corrected chi connectivity index (χ0v) is 17.8. The van der Waals surface area contributed by atoms with Crippen LogP contribution in [0.3, 0.4) is 0 Å². The van der Waals surface area contributed by atoms with Gasteiger partial charge >= 0.3 is 0 Å². The monoisotopic (exact) mass is 415 g/mol. The molecule has 1 N–H and O–H groups in total. The molecule has 9 heteroatoms. The van der Waals surface area contributed by atoms with E-state index in [4.69, 9.17) is 4.52 Å². The molecule has 4 rings (SSSR count). The first-order valence-electron chi connectivity index (χ1n) is 9.79. The van der Waals surface area contributed by atoms with E-state index in [9.17, 15) is 8.42 Å². The van der Waals surface area contributed by atoms with Crippen molar-refractivity contribution in [2.75, 3.05) is 0 Å². The van der Waals surface area contributed by atoms with Gasteiger partial charge in [-0.1, -0.05) is 11.2 Å². The topological polar surface area (TPSA) is 103 Å². The van der Waals surface area contributed by atoms with Crippen LogP contribution in [0.2, 0.25) is 0 Å². The van der Waals surface area contributed by atoms with Crippen molar-refractivity contribution in [3.8, 4) is 11.5 Å². The van der Waals surface area contributed by atoms with E-state index in [2.05, 4.69) is 19.8 Å². The fraction of sp³-hybridized carbons (Fsp3) is 0.450. The number of nitrogens with zero attached hydrogens (tertiary/aromatic N) is 4. The molecule has 0 aromatic carbocycles. The van der Waals surface area contributed by atoms with Crippen LogP contribution in [0.4, 0.5) is 0 Å². The minimum atomic E-state index is -3.85. The van der Waals surface area contributed by atoms with E-state index in [1.165, 1.54) is 0 Å². The van der Waals surface area contributed by atoms with Crippen LogP contribution in [0.1, 0.15) is 61.4 Å². The Kier molecular flexibility index (Phi) is 5.04. The largest absolute Gasteiger partial charge is 0.347 e. The summed E-state index contributed by atoms with van der Waals surface area (Å²) in [7, 11) is -3.85. The highest BCUT2D eigenvalue weighted by Gasteiger charge is 2.34. The van der Waals surface area contributed by atoms with Crippen molar-refractivity contribution < 1.29 is 12.9 Å². The molecular formula is C20H25N5O3S. The zero-order valence-electron chi connectivity index (χ0n) is 17.0. The number of rotatable bonds is 7. The van der Waals surface area contributed by atoms with Gasteiger partial charge in [0.05, 0.1) is 5.56 Å². The molecule has 0 spiro atoms. The molecule has 0 unspecified atom stereocenters. The zero-order chi connectivity index (χ0) is 20.8. The van der Waals surface area contributed by atoms with Crippen LogP contribution in [0.5, 0.6) is 0 Å². The van der Waals surface area contributed by atoms with Gasteiger partial charge in [-0.25, -0.2) is 13.1 Å². The fourth-order valence-electron chi connectivity index (χ4n) is 3.74. The minimum absolute atomic E-state index is 0.193. The second-order valence-corrected chi connectivity index (χ2v) is 9.13. The lowest BCUT2D eigenvalue weighted by Crippen LogP contribution is -2.27. The Balaban J connectivity index is 1.79. The molecule has 1 aliphatic rings. The van der Waals surface area contributed by atoms with Crippen LogP contribution in [-0.2, 0) is 16.6 Å². The van der Waals surface area contributed by atoms with Gasteiger partial charge in [0.1, 0.15) is 4.90 Å². The third-order valence-electron chi connectivity index (χ3n) is 5.43. The third kappa shape index (κ3) is 3.60. The lowest BCUT2D eigenvalue weighted by molar-refractivity contribution is 0.421. The molecule has 0 saturated heterocycles. The van der Waals surface area contributed by atoms with Crippen LogP contribution in [0.25, 0.3) is 11.5 Å². The molecule has 3 heterocycles. The Bertz CT molecular complexity index is 1130. The van der Waals surface area contributed by atoms with Crippen molar-refractivity contribution in [2.45, 2.75) is 63.9 Å². The highest BCUT2D eigenvalue weighted by atomic mass is 32.2. The van der Waals surface area contributed by atoms with Gasteiger partial charge in [0.25, 0.3) is 5.89 Å². The molecule has 1 aliphatic carbocycles. The van der Waals surface area contributed by atoms with Crippen LogP contribution in [0, 0.1) is 13.8 Å². The molecule has 0 aliphatic heterocycles. The van der Waals surface area contributed by atoms with Crippen molar-refractivity contribution >= 4 is 10.0 Å². The maximum absolute atomic E-state index is 13.4. The smallest absolute Gasteiger partial charge is 0.261 e. The third-order valence-corrected chi connectivity index (χ3v) is 7.13. The minimum Gasteiger partial charge on any atom is -0.347 e. The molecule has 8 nitrogen and oxygen atoms in total. The molecule has 1 saturated carbocycles. The SMILES string of the molecule is CCn1c(C)c(-c2nc(C3CC3)no2)c(S(=O)(=O)N[C@@H](C)c2cccnc2)c1C. The van der Waals surface area contributed by atoms with Crippen LogP contribution >= 0.6 is 0 Å². The van der Waals surface area contributed by atoms with Gasteiger partial charge in [-0.2, -0.15) is 4.98 Å². The maximum atomic E-state index is 13.4. The summed E-state index contributed by atoms with van der Waals surface area (Å²) in [5.41, 5.74) is 2.72. The second kappa shape index (κ2) is 7.38. The molecule has 29 heavy (non-hydrogen) atoms. The second-order valence-electron chi connectivity index (χ2n) is 7.48. The first kappa shape index (κ1) is 19.8. The van der Waals surface area contributed by atoms with E-state index in [0.717, 1.165) is 24.1 Å². The summed E-state index contributed by atoms with van der Waals surface area (Å²) in [6.07, 6.45) is 5.40. The first-order valence-corrected chi connectivity index (χ1v) is 11.3. The summed E-state index contributed by atoms with van der Waals surface area (Å²) in [6, 6.07) is 3.19. The summed E-state index contributed by atoms with van der Waals surface area (Å²) in [5, 5.41) is 4.07. The van der Waals surface area contributed by atoms with E-state index in [1.54, 1.807) is 25.4 Å². The van der Waals surface area contributed by atoms with Gasteiger partial charge in [0.15, 0.2) is 5.82 Å². The summed E-state index contributed by atoms with van der Waals surface area (Å²) in [5.74, 6) is 1.24. The molecule has 0 amide bonds. The average Bonchev–Trinajstić information content (AvgIpc) is 3.37. The van der Waals surface area contributed by atoms with E-state index in [-0.39, 0.29) is 10.8 Å². The van der Waals surface area contributed by atoms with Crippen molar-refractivity contribution in [3.63, 3.8) is 0 Å². The maximum Gasteiger partial charge on any atom is 0.261 e. The van der Waals surface area contributed by atoms with Gasteiger partial charge in [-0.05, 0) is 52.2 Å².